The molecule has 0 amide bonds. The third-order valence-corrected chi connectivity index (χ3v) is 2.25. The molecule has 0 saturated heterocycles. The van der Waals surface area contributed by atoms with Crippen molar-refractivity contribution in [2.75, 3.05) is 6.73 Å². The molecule has 0 atom stereocenters. The van der Waals surface area contributed by atoms with Crippen LogP contribution in [0.4, 0.5) is 13.2 Å². The molecule has 0 spiro atoms. The van der Waals surface area contributed by atoms with Crippen molar-refractivity contribution in [1.82, 2.24) is 9.78 Å². The van der Waals surface area contributed by atoms with Gasteiger partial charge in [0.25, 0.3) is 0 Å². The van der Waals surface area contributed by atoms with Gasteiger partial charge in [0.1, 0.15) is 6.73 Å². The van der Waals surface area contributed by atoms with Gasteiger partial charge in [0.05, 0.1) is 23.6 Å². The van der Waals surface area contributed by atoms with Crippen LogP contribution >= 0.6 is 0 Å². The van der Waals surface area contributed by atoms with Crippen molar-refractivity contribution in [2.45, 2.75) is 6.18 Å². The van der Waals surface area contributed by atoms with Gasteiger partial charge in [-0.2, -0.15) is 18.3 Å². The van der Waals surface area contributed by atoms with Crippen molar-refractivity contribution < 1.29 is 17.9 Å². The Morgan fingerprint density at radius 2 is 2.11 bits per heavy atom. The fourth-order valence-electron chi connectivity index (χ4n) is 1.44. The second-order valence-corrected chi connectivity index (χ2v) is 3.48. The highest BCUT2D eigenvalue weighted by molar-refractivity contribution is 5.37. The van der Waals surface area contributed by atoms with Crippen LogP contribution in [-0.2, 0) is 6.18 Å². The van der Waals surface area contributed by atoms with E-state index in [4.69, 9.17) is 10.5 Å². The Morgan fingerprint density at radius 3 is 2.78 bits per heavy atom. The highest BCUT2D eigenvalue weighted by Crippen LogP contribution is 2.30. The van der Waals surface area contributed by atoms with Crippen LogP contribution in [0.1, 0.15) is 5.56 Å². The molecule has 2 rings (SSSR count). The normalized spacial score (nSPS) is 11.6. The summed E-state index contributed by atoms with van der Waals surface area (Å²) in [5, 5.41) is 3.90. The third kappa shape index (κ3) is 2.62. The Bertz CT molecular complexity index is 536. The first-order chi connectivity index (χ1) is 8.50. The number of ether oxygens (including phenoxy) is 1. The lowest BCUT2D eigenvalue weighted by Crippen LogP contribution is -2.07. The molecule has 0 aliphatic heterocycles. The van der Waals surface area contributed by atoms with Crippen molar-refractivity contribution in [2.24, 2.45) is 5.73 Å². The molecule has 2 N–H and O–H groups in total. The summed E-state index contributed by atoms with van der Waals surface area (Å²) in [6.45, 7) is -0.0196. The predicted molar refractivity (Wildman–Crippen MR) is 58.2 cm³/mol. The second-order valence-electron chi connectivity index (χ2n) is 3.48. The predicted octanol–water partition coefficient (Wildman–Crippen LogP) is 2.19. The Kier molecular flexibility index (Phi) is 3.24. The first kappa shape index (κ1) is 12.4. The molecule has 4 nitrogen and oxygen atoms in total. The van der Waals surface area contributed by atoms with Gasteiger partial charge in [0, 0.05) is 0 Å². The molecule has 0 bridgehead atoms. The zero-order chi connectivity index (χ0) is 13.2. The lowest BCUT2D eigenvalue weighted by Gasteiger charge is -2.08. The summed E-state index contributed by atoms with van der Waals surface area (Å²) >= 11 is 0. The first-order valence-corrected chi connectivity index (χ1v) is 5.06. The van der Waals surface area contributed by atoms with E-state index >= 15 is 0 Å². The zero-order valence-corrected chi connectivity index (χ0v) is 9.19. The minimum absolute atomic E-state index is 0.0196. The van der Waals surface area contributed by atoms with E-state index in [1.807, 2.05) is 0 Å². The van der Waals surface area contributed by atoms with E-state index in [-0.39, 0.29) is 6.73 Å². The number of halogens is 3. The molecular formula is C11H10F3N3O. The molecule has 0 aliphatic carbocycles. The van der Waals surface area contributed by atoms with Crippen LogP contribution in [0.15, 0.2) is 36.7 Å². The average molecular weight is 257 g/mol. The smallest absolute Gasteiger partial charge is 0.416 e. The van der Waals surface area contributed by atoms with Gasteiger partial charge in [0.15, 0.2) is 5.75 Å². The van der Waals surface area contributed by atoms with Gasteiger partial charge in [-0.1, -0.05) is 6.07 Å². The van der Waals surface area contributed by atoms with E-state index < -0.39 is 11.7 Å². The number of rotatable bonds is 3. The number of aromatic nitrogens is 2. The van der Waals surface area contributed by atoms with Gasteiger partial charge >= 0.3 is 6.18 Å². The van der Waals surface area contributed by atoms with Crippen LogP contribution in [-0.4, -0.2) is 16.5 Å². The lowest BCUT2D eigenvalue weighted by atomic mass is 10.2. The van der Waals surface area contributed by atoms with E-state index in [0.29, 0.717) is 11.4 Å². The van der Waals surface area contributed by atoms with Crippen molar-refractivity contribution >= 4 is 0 Å². The third-order valence-electron chi connectivity index (χ3n) is 2.25. The van der Waals surface area contributed by atoms with Crippen LogP contribution < -0.4 is 10.5 Å². The largest absolute Gasteiger partial charge is 0.475 e. The number of hydrogen-bond acceptors (Lipinski definition) is 3. The minimum Gasteiger partial charge on any atom is -0.475 e. The quantitative estimate of drug-likeness (QED) is 0.857. The summed E-state index contributed by atoms with van der Waals surface area (Å²) in [6, 6.07) is 4.86. The van der Waals surface area contributed by atoms with Gasteiger partial charge < -0.3 is 4.74 Å². The number of benzene rings is 1. The number of nitrogens with zero attached hydrogens (tertiary/aromatic N) is 2. The van der Waals surface area contributed by atoms with E-state index in [2.05, 4.69) is 5.10 Å². The molecule has 1 aromatic heterocycles. The van der Waals surface area contributed by atoms with Crippen molar-refractivity contribution in [3.8, 4) is 11.4 Å². The van der Waals surface area contributed by atoms with Crippen molar-refractivity contribution in [3.63, 3.8) is 0 Å². The molecular weight excluding hydrogens is 247 g/mol. The maximum absolute atomic E-state index is 12.5. The number of alkyl halides is 3. The van der Waals surface area contributed by atoms with Gasteiger partial charge in [-0.3, -0.25) is 5.73 Å². The molecule has 0 fully saturated rings. The standard InChI is InChI=1S/C11H10F3N3O/c12-11(13,14)8-2-1-3-9(4-8)17-6-10(5-16-17)18-7-15/h1-6H,7,15H2. The SMILES string of the molecule is NCOc1cnn(-c2cccc(C(F)(F)F)c2)c1. The molecule has 7 heteroatoms. The fraction of sp³-hybridized carbons (Fsp3) is 0.182. The van der Waals surface area contributed by atoms with Gasteiger partial charge in [-0.15, -0.1) is 0 Å². The highest BCUT2D eigenvalue weighted by Gasteiger charge is 2.30. The van der Waals surface area contributed by atoms with Crippen LogP contribution in [0, 0.1) is 0 Å². The highest BCUT2D eigenvalue weighted by atomic mass is 19.4. The van der Waals surface area contributed by atoms with Gasteiger partial charge in [0.2, 0.25) is 0 Å². The van der Waals surface area contributed by atoms with Crippen molar-refractivity contribution in [3.05, 3.63) is 42.2 Å². The molecule has 1 aromatic carbocycles. The summed E-state index contributed by atoms with van der Waals surface area (Å²) in [6.07, 6.45) is -1.53. The van der Waals surface area contributed by atoms with E-state index in [1.54, 1.807) is 0 Å². The fourth-order valence-corrected chi connectivity index (χ4v) is 1.44. The summed E-state index contributed by atoms with van der Waals surface area (Å²) in [5.74, 6) is 0.398. The summed E-state index contributed by atoms with van der Waals surface area (Å²) in [4.78, 5) is 0. The first-order valence-electron chi connectivity index (χ1n) is 5.06. The summed E-state index contributed by atoms with van der Waals surface area (Å²) in [7, 11) is 0. The van der Waals surface area contributed by atoms with E-state index in [1.165, 1.54) is 29.2 Å². The number of nitrogens with two attached hydrogens (primary N) is 1. The van der Waals surface area contributed by atoms with E-state index in [9.17, 15) is 13.2 Å². The molecule has 0 aliphatic rings. The number of hydrogen-bond donors (Lipinski definition) is 1. The van der Waals surface area contributed by atoms with Gasteiger partial charge in [-0.25, -0.2) is 4.68 Å². The molecule has 2 aromatic rings. The summed E-state index contributed by atoms with van der Waals surface area (Å²) < 4.78 is 43.9. The Balaban J connectivity index is 2.32. The minimum atomic E-state index is -4.38. The second kappa shape index (κ2) is 4.69. The topological polar surface area (TPSA) is 53.1 Å². The lowest BCUT2D eigenvalue weighted by molar-refractivity contribution is -0.137. The maximum Gasteiger partial charge on any atom is 0.416 e. The monoisotopic (exact) mass is 257 g/mol. The Hall–Kier alpha value is -2.02. The van der Waals surface area contributed by atoms with Crippen LogP contribution in [0.2, 0.25) is 0 Å². The molecule has 0 radical (unpaired) electrons. The molecule has 1 heterocycles. The average Bonchev–Trinajstić information content (AvgIpc) is 2.77. The molecule has 18 heavy (non-hydrogen) atoms. The Morgan fingerprint density at radius 1 is 1.33 bits per heavy atom. The maximum atomic E-state index is 12.5. The molecule has 0 saturated carbocycles. The zero-order valence-electron chi connectivity index (χ0n) is 9.19. The van der Waals surface area contributed by atoms with Crippen molar-refractivity contribution in [1.29, 1.82) is 0 Å². The van der Waals surface area contributed by atoms with Crippen LogP contribution in [0.5, 0.6) is 5.75 Å². The van der Waals surface area contributed by atoms with Crippen LogP contribution in [0.3, 0.4) is 0 Å². The van der Waals surface area contributed by atoms with Crippen LogP contribution in [0.25, 0.3) is 5.69 Å². The summed E-state index contributed by atoms with van der Waals surface area (Å²) in [5.41, 5.74) is 4.76. The molecule has 0 unspecified atom stereocenters. The van der Waals surface area contributed by atoms with Gasteiger partial charge in [-0.05, 0) is 18.2 Å². The molecule has 96 valence electrons. The van der Waals surface area contributed by atoms with E-state index in [0.717, 1.165) is 12.1 Å². The Labute approximate surface area is 101 Å².